The lowest BCUT2D eigenvalue weighted by Crippen LogP contribution is -2.66. The SMILES string of the molecule is Cc1ccc2n1C13n4c(C)ccc4C=[N+]1C[N+]3=C2. The van der Waals surface area contributed by atoms with Gasteiger partial charge in [-0.2, -0.15) is 9.13 Å². The van der Waals surface area contributed by atoms with E-state index in [0.717, 1.165) is 6.67 Å². The van der Waals surface area contributed by atoms with Crippen LogP contribution in [-0.2, 0) is 5.91 Å². The topological polar surface area (TPSA) is 15.9 Å². The van der Waals surface area contributed by atoms with Crippen molar-refractivity contribution < 1.29 is 9.15 Å². The Hall–Kier alpha value is -2.10. The van der Waals surface area contributed by atoms with Gasteiger partial charge < -0.3 is 0 Å². The fraction of sp³-hybridized carbons (Fsp3) is 0.286. The Morgan fingerprint density at radius 1 is 0.889 bits per heavy atom. The third kappa shape index (κ3) is 0.645. The fourth-order valence-electron chi connectivity index (χ4n) is 3.77. The number of aryl methyl sites for hydroxylation is 2. The predicted octanol–water partition coefficient (Wildman–Crippen LogP) is 0.884. The van der Waals surface area contributed by atoms with Gasteiger partial charge in [-0.3, -0.25) is 0 Å². The summed E-state index contributed by atoms with van der Waals surface area (Å²) in [7, 11) is 0. The normalized spacial score (nSPS) is 20.6. The zero-order valence-electron chi connectivity index (χ0n) is 10.5. The largest absolute Gasteiger partial charge is 0.552 e. The molecule has 0 bridgehead atoms. The first-order valence-corrected chi connectivity index (χ1v) is 6.34. The van der Waals surface area contributed by atoms with Crippen LogP contribution in [0.1, 0.15) is 22.8 Å². The van der Waals surface area contributed by atoms with Crippen LogP contribution in [0.5, 0.6) is 0 Å². The van der Waals surface area contributed by atoms with Gasteiger partial charge in [0.1, 0.15) is 11.4 Å². The number of hydrogen-bond acceptors (Lipinski definition) is 0. The summed E-state index contributed by atoms with van der Waals surface area (Å²) >= 11 is 0. The molecule has 0 aromatic carbocycles. The minimum Gasteiger partial charge on any atom is -0.198 e. The Labute approximate surface area is 105 Å². The number of hydrogen-bond donors (Lipinski definition) is 0. The highest BCUT2D eigenvalue weighted by molar-refractivity contribution is 5.79. The van der Waals surface area contributed by atoms with E-state index in [-0.39, 0.29) is 5.91 Å². The van der Waals surface area contributed by atoms with Crippen molar-refractivity contribution in [3.05, 3.63) is 47.0 Å². The highest BCUT2D eigenvalue weighted by Crippen LogP contribution is 2.41. The highest BCUT2D eigenvalue weighted by Gasteiger charge is 2.74. The second kappa shape index (κ2) is 2.36. The molecule has 18 heavy (non-hydrogen) atoms. The van der Waals surface area contributed by atoms with Crippen molar-refractivity contribution in [1.82, 2.24) is 9.13 Å². The summed E-state index contributed by atoms with van der Waals surface area (Å²) in [5.74, 6) is -0.161. The first-order chi connectivity index (χ1) is 8.73. The Morgan fingerprint density at radius 2 is 1.39 bits per heavy atom. The molecule has 1 spiro atoms. The smallest absolute Gasteiger partial charge is 0.198 e. The minimum atomic E-state index is -0.161. The van der Waals surface area contributed by atoms with E-state index < -0.39 is 0 Å². The zero-order valence-corrected chi connectivity index (χ0v) is 10.5. The summed E-state index contributed by atoms with van der Waals surface area (Å²) in [5.41, 5.74) is 5.21. The van der Waals surface area contributed by atoms with Crippen molar-refractivity contribution in [2.24, 2.45) is 0 Å². The first-order valence-electron chi connectivity index (χ1n) is 6.34. The molecule has 5 heterocycles. The third-order valence-corrected chi connectivity index (χ3v) is 4.46. The van der Waals surface area contributed by atoms with Gasteiger partial charge in [-0.1, -0.05) is 9.15 Å². The molecule has 88 valence electrons. The lowest BCUT2D eigenvalue weighted by atomic mass is 10.3. The maximum Gasteiger partial charge on any atom is 0.552 e. The molecule has 0 amide bonds. The number of nitrogens with zero attached hydrogens (tertiary/aromatic N) is 4. The molecule has 1 saturated heterocycles. The Morgan fingerprint density at radius 3 is 1.89 bits per heavy atom. The van der Waals surface area contributed by atoms with Crippen molar-refractivity contribution in [2.75, 3.05) is 6.67 Å². The van der Waals surface area contributed by atoms with Gasteiger partial charge in [-0.05, 0) is 38.1 Å². The molecule has 2 aromatic heterocycles. The van der Waals surface area contributed by atoms with Gasteiger partial charge in [0.25, 0.3) is 0 Å². The maximum atomic E-state index is 2.43. The quantitative estimate of drug-likeness (QED) is 0.606. The lowest BCUT2D eigenvalue weighted by Gasteiger charge is -2.30. The number of fused-ring (bicyclic) bond motifs is 2. The molecule has 3 aliphatic heterocycles. The van der Waals surface area contributed by atoms with E-state index in [1.54, 1.807) is 0 Å². The summed E-state index contributed by atoms with van der Waals surface area (Å²) in [4.78, 5) is 0. The van der Waals surface area contributed by atoms with E-state index in [2.05, 4.69) is 68.8 Å². The van der Waals surface area contributed by atoms with Crippen LogP contribution in [0, 0.1) is 13.8 Å². The first kappa shape index (κ1) is 8.91. The number of rotatable bonds is 0. The Kier molecular flexibility index (Phi) is 1.17. The Bertz CT molecular complexity index is 719. The standard InChI is InChI=1S/C14H14N4/c1-10-3-5-12-7-15-9-16-8-13-6-4-11(2)18(13)14(15,16)17(10)12/h3-8H,9H2,1-2H3/q+2. The predicted molar refractivity (Wildman–Crippen MR) is 67.4 cm³/mol. The molecule has 0 saturated carbocycles. The molecule has 5 rings (SSSR count). The highest BCUT2D eigenvalue weighted by atomic mass is 15.7. The van der Waals surface area contributed by atoms with E-state index in [9.17, 15) is 0 Å². The van der Waals surface area contributed by atoms with Crippen molar-refractivity contribution in [3.8, 4) is 0 Å². The monoisotopic (exact) mass is 238 g/mol. The van der Waals surface area contributed by atoms with Crippen molar-refractivity contribution in [1.29, 1.82) is 0 Å². The zero-order chi connectivity index (χ0) is 12.1. The number of aromatic nitrogens is 2. The van der Waals surface area contributed by atoms with Crippen molar-refractivity contribution in [2.45, 2.75) is 19.8 Å². The maximum absolute atomic E-state index is 2.43. The van der Waals surface area contributed by atoms with Gasteiger partial charge in [-0.25, -0.2) is 0 Å². The van der Waals surface area contributed by atoms with Crippen LogP contribution < -0.4 is 0 Å². The molecule has 0 atom stereocenters. The van der Waals surface area contributed by atoms with Crippen LogP contribution in [0.4, 0.5) is 0 Å². The summed E-state index contributed by atoms with van der Waals surface area (Å²) in [6, 6.07) is 8.81. The van der Waals surface area contributed by atoms with E-state index in [0.29, 0.717) is 0 Å². The van der Waals surface area contributed by atoms with E-state index in [1.165, 1.54) is 22.8 Å². The van der Waals surface area contributed by atoms with Gasteiger partial charge in [0.05, 0.1) is 0 Å². The summed E-state index contributed by atoms with van der Waals surface area (Å²) in [6.45, 7) is 5.34. The molecular weight excluding hydrogens is 224 g/mol. The van der Waals surface area contributed by atoms with Crippen LogP contribution in [0.2, 0.25) is 0 Å². The molecule has 0 aliphatic carbocycles. The van der Waals surface area contributed by atoms with Crippen LogP contribution in [0.25, 0.3) is 0 Å². The Balaban J connectivity index is 1.96. The molecule has 0 N–H and O–H groups in total. The fourth-order valence-corrected chi connectivity index (χ4v) is 3.77. The molecule has 1 fully saturated rings. The molecule has 3 aliphatic rings. The molecule has 4 nitrogen and oxygen atoms in total. The third-order valence-electron chi connectivity index (χ3n) is 4.46. The van der Waals surface area contributed by atoms with Gasteiger partial charge in [-0.15, -0.1) is 0 Å². The lowest BCUT2D eigenvalue weighted by molar-refractivity contribution is -1.03. The summed E-state index contributed by atoms with van der Waals surface area (Å²) in [5, 5.41) is 0. The summed E-state index contributed by atoms with van der Waals surface area (Å²) in [6.07, 6.45) is 4.54. The van der Waals surface area contributed by atoms with E-state index in [1.807, 2.05) is 0 Å². The molecule has 4 heteroatoms. The molecule has 0 radical (unpaired) electrons. The van der Waals surface area contributed by atoms with Crippen LogP contribution in [0.3, 0.4) is 0 Å². The summed E-state index contributed by atoms with van der Waals surface area (Å²) < 4.78 is 9.68. The molecule has 0 unspecified atom stereocenters. The van der Waals surface area contributed by atoms with Crippen LogP contribution in [-0.4, -0.2) is 37.4 Å². The second-order valence-electron chi connectivity index (χ2n) is 5.41. The average molecular weight is 238 g/mol. The second-order valence-corrected chi connectivity index (χ2v) is 5.41. The molecule has 2 aromatic rings. The van der Waals surface area contributed by atoms with E-state index >= 15 is 0 Å². The van der Waals surface area contributed by atoms with Crippen LogP contribution >= 0.6 is 0 Å². The van der Waals surface area contributed by atoms with Crippen molar-refractivity contribution >= 4 is 12.4 Å². The molecular formula is C14H14N4+2. The minimum absolute atomic E-state index is 0.161. The van der Waals surface area contributed by atoms with Gasteiger partial charge >= 0.3 is 12.6 Å². The van der Waals surface area contributed by atoms with Gasteiger partial charge in [0.15, 0.2) is 0 Å². The van der Waals surface area contributed by atoms with Gasteiger partial charge in [0, 0.05) is 11.4 Å². The average Bonchev–Trinajstić information content (AvgIpc) is 2.99. The van der Waals surface area contributed by atoms with Gasteiger partial charge in [0.2, 0.25) is 12.4 Å². The van der Waals surface area contributed by atoms with E-state index in [4.69, 9.17) is 0 Å². The van der Waals surface area contributed by atoms with Crippen LogP contribution in [0.15, 0.2) is 24.3 Å². The van der Waals surface area contributed by atoms with Crippen molar-refractivity contribution in [3.63, 3.8) is 0 Å².